The van der Waals surface area contributed by atoms with Gasteiger partial charge in [-0.15, -0.1) is 0 Å². The summed E-state index contributed by atoms with van der Waals surface area (Å²) in [5, 5.41) is 10.1. The van der Waals surface area contributed by atoms with Crippen molar-refractivity contribution in [1.82, 2.24) is 15.3 Å². The molecule has 6 nitrogen and oxygen atoms in total. The maximum atomic E-state index is 5.57. The second-order valence-electron chi connectivity index (χ2n) is 5.70. The van der Waals surface area contributed by atoms with E-state index >= 15 is 0 Å². The van der Waals surface area contributed by atoms with Crippen molar-refractivity contribution in [3.05, 3.63) is 42.2 Å². The van der Waals surface area contributed by atoms with Gasteiger partial charge in [0.05, 0.1) is 13.2 Å². The van der Waals surface area contributed by atoms with E-state index in [1.165, 1.54) is 0 Å². The molecule has 122 valence electrons. The molecule has 0 spiro atoms. The maximum Gasteiger partial charge on any atom is 0.136 e. The summed E-state index contributed by atoms with van der Waals surface area (Å²) in [4.78, 5) is 8.90. The molecule has 1 aliphatic heterocycles. The van der Waals surface area contributed by atoms with Crippen LogP contribution in [0.1, 0.15) is 5.82 Å². The number of rotatable bonds is 5. The fourth-order valence-corrected chi connectivity index (χ4v) is 2.53. The van der Waals surface area contributed by atoms with Crippen molar-refractivity contribution in [3.8, 4) is 0 Å². The lowest BCUT2D eigenvalue weighted by Crippen LogP contribution is -2.28. The minimum atomic E-state index is 0.443. The Labute approximate surface area is 136 Å². The van der Waals surface area contributed by atoms with Gasteiger partial charge in [0.15, 0.2) is 0 Å². The van der Waals surface area contributed by atoms with E-state index in [0.717, 1.165) is 56.0 Å². The zero-order valence-electron chi connectivity index (χ0n) is 13.4. The lowest BCUT2D eigenvalue weighted by Gasteiger charge is -2.16. The van der Waals surface area contributed by atoms with Crippen LogP contribution in [-0.2, 0) is 4.74 Å². The van der Waals surface area contributed by atoms with Gasteiger partial charge in [-0.3, -0.25) is 0 Å². The van der Waals surface area contributed by atoms with Gasteiger partial charge in [0.25, 0.3) is 0 Å². The number of hydrogen-bond donors (Lipinski definition) is 3. The van der Waals surface area contributed by atoms with Crippen molar-refractivity contribution < 1.29 is 4.74 Å². The lowest BCUT2D eigenvalue weighted by molar-refractivity contribution is 0.127. The Bertz CT molecular complexity index is 612. The predicted molar refractivity (Wildman–Crippen MR) is 92.2 cm³/mol. The Balaban J connectivity index is 1.63. The molecule has 1 aromatic heterocycles. The van der Waals surface area contributed by atoms with Crippen molar-refractivity contribution in [3.63, 3.8) is 0 Å². The third-order valence-electron chi connectivity index (χ3n) is 3.67. The molecule has 1 fully saturated rings. The van der Waals surface area contributed by atoms with Gasteiger partial charge in [-0.2, -0.15) is 0 Å². The Morgan fingerprint density at radius 3 is 2.91 bits per heavy atom. The molecule has 1 atom stereocenters. The molecule has 1 aliphatic rings. The molecule has 0 saturated carbocycles. The highest BCUT2D eigenvalue weighted by atomic mass is 16.5. The maximum absolute atomic E-state index is 5.57. The van der Waals surface area contributed by atoms with Crippen LogP contribution in [0.15, 0.2) is 36.4 Å². The summed E-state index contributed by atoms with van der Waals surface area (Å²) in [7, 11) is 0. The number of para-hydroxylation sites is 1. The van der Waals surface area contributed by atoms with Crippen LogP contribution in [0.25, 0.3) is 0 Å². The average Bonchev–Trinajstić information content (AvgIpc) is 2.82. The van der Waals surface area contributed by atoms with Crippen molar-refractivity contribution in [1.29, 1.82) is 0 Å². The minimum absolute atomic E-state index is 0.443. The highest BCUT2D eigenvalue weighted by Crippen LogP contribution is 2.17. The van der Waals surface area contributed by atoms with Crippen molar-refractivity contribution >= 4 is 17.3 Å². The molecule has 0 bridgehead atoms. The van der Waals surface area contributed by atoms with Gasteiger partial charge >= 0.3 is 0 Å². The molecule has 23 heavy (non-hydrogen) atoms. The Morgan fingerprint density at radius 1 is 1.22 bits per heavy atom. The van der Waals surface area contributed by atoms with E-state index in [2.05, 4.69) is 25.9 Å². The fourth-order valence-electron chi connectivity index (χ4n) is 2.53. The Hall–Kier alpha value is -2.18. The molecule has 3 N–H and O–H groups in total. The van der Waals surface area contributed by atoms with Crippen LogP contribution >= 0.6 is 0 Å². The first kappa shape index (κ1) is 15.7. The topological polar surface area (TPSA) is 71.1 Å². The molecule has 3 rings (SSSR count). The summed E-state index contributed by atoms with van der Waals surface area (Å²) in [5.41, 5.74) is 1.01. The van der Waals surface area contributed by atoms with Crippen LogP contribution < -0.4 is 16.0 Å². The minimum Gasteiger partial charge on any atom is -0.380 e. The van der Waals surface area contributed by atoms with Crippen LogP contribution in [0.2, 0.25) is 0 Å². The van der Waals surface area contributed by atoms with E-state index in [-0.39, 0.29) is 0 Å². The number of nitrogens with one attached hydrogen (secondary N) is 3. The fraction of sp³-hybridized carbons (Fsp3) is 0.412. The van der Waals surface area contributed by atoms with Gasteiger partial charge < -0.3 is 20.7 Å². The number of anilines is 3. The first-order valence-corrected chi connectivity index (χ1v) is 8.00. The van der Waals surface area contributed by atoms with E-state index in [0.29, 0.717) is 5.92 Å². The SMILES string of the molecule is Cc1nc(NCC2CNCCOC2)cc(Nc2ccccc2)n1. The number of nitrogens with zero attached hydrogens (tertiary/aromatic N) is 2. The molecule has 6 heteroatoms. The highest BCUT2D eigenvalue weighted by Gasteiger charge is 2.12. The number of aromatic nitrogens is 2. The van der Waals surface area contributed by atoms with E-state index in [1.807, 2.05) is 43.3 Å². The van der Waals surface area contributed by atoms with Gasteiger partial charge in [-0.05, 0) is 19.1 Å². The van der Waals surface area contributed by atoms with Gasteiger partial charge in [-0.25, -0.2) is 9.97 Å². The Kier molecular flexibility index (Phi) is 5.39. The van der Waals surface area contributed by atoms with Crippen LogP contribution in [0.3, 0.4) is 0 Å². The van der Waals surface area contributed by atoms with Crippen LogP contribution in [-0.4, -0.2) is 42.8 Å². The standard InChI is InChI=1S/C17H23N5O/c1-13-20-16(19-11-14-10-18-7-8-23-12-14)9-17(21-13)22-15-5-3-2-4-6-15/h2-6,9,14,18H,7-8,10-12H2,1H3,(H2,19,20,21,22). The quantitative estimate of drug-likeness (QED) is 0.786. The molecular weight excluding hydrogens is 290 g/mol. The van der Waals surface area contributed by atoms with E-state index in [9.17, 15) is 0 Å². The van der Waals surface area contributed by atoms with Gasteiger partial charge in [0.2, 0.25) is 0 Å². The monoisotopic (exact) mass is 313 g/mol. The third kappa shape index (κ3) is 4.91. The van der Waals surface area contributed by atoms with E-state index in [4.69, 9.17) is 4.74 Å². The number of aryl methyl sites for hydroxylation is 1. The molecule has 1 aromatic carbocycles. The first-order chi connectivity index (χ1) is 11.3. The summed E-state index contributed by atoms with van der Waals surface area (Å²) in [6.45, 7) is 6.18. The summed E-state index contributed by atoms with van der Waals surface area (Å²) < 4.78 is 5.57. The van der Waals surface area contributed by atoms with Crippen LogP contribution in [0.5, 0.6) is 0 Å². The first-order valence-electron chi connectivity index (χ1n) is 8.00. The second kappa shape index (κ2) is 7.89. The molecule has 0 aliphatic carbocycles. The largest absolute Gasteiger partial charge is 0.380 e. The Morgan fingerprint density at radius 2 is 2.04 bits per heavy atom. The number of ether oxygens (including phenoxy) is 1. The van der Waals surface area contributed by atoms with Crippen molar-refractivity contribution in [2.75, 3.05) is 43.5 Å². The smallest absolute Gasteiger partial charge is 0.136 e. The second-order valence-corrected chi connectivity index (χ2v) is 5.70. The summed E-state index contributed by atoms with van der Waals surface area (Å²) in [6, 6.07) is 11.9. The van der Waals surface area contributed by atoms with E-state index in [1.54, 1.807) is 0 Å². The number of hydrogen-bond acceptors (Lipinski definition) is 6. The van der Waals surface area contributed by atoms with E-state index < -0.39 is 0 Å². The molecule has 2 heterocycles. The van der Waals surface area contributed by atoms with Crippen LogP contribution in [0.4, 0.5) is 17.3 Å². The molecular formula is C17H23N5O. The van der Waals surface area contributed by atoms with Gasteiger partial charge in [-0.1, -0.05) is 18.2 Å². The molecule has 2 aromatic rings. The van der Waals surface area contributed by atoms with Crippen molar-refractivity contribution in [2.24, 2.45) is 5.92 Å². The van der Waals surface area contributed by atoms with Crippen molar-refractivity contribution in [2.45, 2.75) is 6.92 Å². The van der Waals surface area contributed by atoms with Gasteiger partial charge in [0.1, 0.15) is 17.5 Å². The normalized spacial score (nSPS) is 18.2. The number of benzene rings is 1. The lowest BCUT2D eigenvalue weighted by atomic mass is 10.1. The summed E-state index contributed by atoms with van der Waals surface area (Å²) in [5.74, 6) is 2.81. The molecule has 0 radical (unpaired) electrons. The van der Waals surface area contributed by atoms with Crippen LogP contribution in [0, 0.1) is 12.8 Å². The summed E-state index contributed by atoms with van der Waals surface area (Å²) in [6.07, 6.45) is 0. The zero-order chi connectivity index (χ0) is 15.9. The third-order valence-corrected chi connectivity index (χ3v) is 3.67. The van der Waals surface area contributed by atoms with Gasteiger partial charge in [0, 0.05) is 37.3 Å². The predicted octanol–water partition coefficient (Wildman–Crippen LogP) is 2.18. The summed E-state index contributed by atoms with van der Waals surface area (Å²) >= 11 is 0. The highest BCUT2D eigenvalue weighted by molar-refractivity contribution is 5.58. The molecule has 1 saturated heterocycles. The molecule has 1 unspecified atom stereocenters. The average molecular weight is 313 g/mol. The zero-order valence-corrected chi connectivity index (χ0v) is 13.4. The molecule has 0 amide bonds.